The molecule has 19 heavy (non-hydrogen) atoms. The number of imide groups is 1. The molecule has 0 aromatic heterocycles. The smallest absolute Gasteiger partial charge is 0.261 e. The summed E-state index contributed by atoms with van der Waals surface area (Å²) < 4.78 is 0. The van der Waals surface area contributed by atoms with Gasteiger partial charge < -0.3 is 5.73 Å². The van der Waals surface area contributed by atoms with Gasteiger partial charge in [-0.25, -0.2) is 0 Å². The van der Waals surface area contributed by atoms with E-state index >= 15 is 0 Å². The van der Waals surface area contributed by atoms with Crippen molar-refractivity contribution >= 4 is 22.6 Å². The molecule has 1 aliphatic heterocycles. The van der Waals surface area contributed by atoms with E-state index in [9.17, 15) is 9.59 Å². The lowest BCUT2D eigenvalue weighted by Gasteiger charge is -2.27. The fourth-order valence-electron chi connectivity index (χ4n) is 2.85. The van der Waals surface area contributed by atoms with Crippen LogP contribution >= 0.6 is 0 Å². The molecule has 0 saturated heterocycles. The molecule has 2 aromatic carbocycles. The molecule has 2 aliphatic rings. The number of carbonyl (C=O) groups excluding carboxylic acids is 2. The maximum atomic E-state index is 12.5. The van der Waals surface area contributed by atoms with Crippen LogP contribution < -0.4 is 5.73 Å². The summed E-state index contributed by atoms with van der Waals surface area (Å²) >= 11 is 0. The molecule has 4 heteroatoms. The fourth-order valence-corrected chi connectivity index (χ4v) is 2.85. The molecular formula is C15H12N2O2. The minimum Gasteiger partial charge on any atom is -0.326 e. The summed E-state index contributed by atoms with van der Waals surface area (Å²) in [5.41, 5.74) is 7.00. The monoisotopic (exact) mass is 252 g/mol. The van der Waals surface area contributed by atoms with Crippen LogP contribution in [-0.2, 0) is 0 Å². The van der Waals surface area contributed by atoms with Crippen molar-refractivity contribution in [2.24, 2.45) is 5.73 Å². The van der Waals surface area contributed by atoms with Gasteiger partial charge in [-0.2, -0.15) is 0 Å². The van der Waals surface area contributed by atoms with Crippen LogP contribution in [0.25, 0.3) is 10.8 Å². The van der Waals surface area contributed by atoms with Crippen molar-refractivity contribution < 1.29 is 9.59 Å². The average molecular weight is 252 g/mol. The quantitative estimate of drug-likeness (QED) is 0.783. The Bertz CT molecular complexity index is 687. The van der Waals surface area contributed by atoms with Crippen molar-refractivity contribution in [2.45, 2.75) is 18.5 Å². The maximum Gasteiger partial charge on any atom is 0.261 e. The normalized spacial score (nSPS) is 25.0. The molecule has 4 nitrogen and oxygen atoms in total. The summed E-state index contributed by atoms with van der Waals surface area (Å²) in [6.45, 7) is 0. The van der Waals surface area contributed by atoms with Crippen molar-refractivity contribution in [1.29, 1.82) is 0 Å². The van der Waals surface area contributed by atoms with Crippen LogP contribution in [0.5, 0.6) is 0 Å². The summed E-state index contributed by atoms with van der Waals surface area (Å²) in [6, 6.07) is 10.9. The van der Waals surface area contributed by atoms with Gasteiger partial charge >= 0.3 is 0 Å². The van der Waals surface area contributed by atoms with Gasteiger partial charge in [0.1, 0.15) is 0 Å². The van der Waals surface area contributed by atoms with E-state index in [1.165, 1.54) is 4.90 Å². The van der Waals surface area contributed by atoms with Gasteiger partial charge in [0.15, 0.2) is 0 Å². The summed E-state index contributed by atoms with van der Waals surface area (Å²) in [5.74, 6) is -0.431. The second-order valence-corrected chi connectivity index (χ2v) is 5.16. The number of nitrogens with zero attached hydrogens (tertiary/aromatic N) is 1. The predicted octanol–water partition coefficient (Wildman–Crippen LogP) is 1.54. The molecule has 1 aliphatic carbocycles. The molecular weight excluding hydrogens is 240 g/mol. The Labute approximate surface area is 109 Å². The van der Waals surface area contributed by atoms with E-state index in [0.29, 0.717) is 17.5 Å². The maximum absolute atomic E-state index is 12.5. The number of hydrogen-bond acceptors (Lipinski definition) is 3. The average Bonchev–Trinajstić information content (AvgIpc) is 3.13. The molecule has 0 spiro atoms. The first-order valence-electron chi connectivity index (χ1n) is 6.33. The van der Waals surface area contributed by atoms with E-state index < -0.39 is 0 Å². The lowest BCUT2D eigenvalue weighted by Crippen LogP contribution is -2.43. The molecule has 1 heterocycles. The first kappa shape index (κ1) is 10.7. The summed E-state index contributed by atoms with van der Waals surface area (Å²) in [7, 11) is 0. The molecule has 4 rings (SSSR count). The first-order chi connectivity index (χ1) is 9.18. The third-order valence-corrected chi connectivity index (χ3v) is 3.94. The van der Waals surface area contributed by atoms with Gasteiger partial charge in [0.05, 0.1) is 6.04 Å². The van der Waals surface area contributed by atoms with Crippen molar-refractivity contribution in [3.8, 4) is 0 Å². The number of carbonyl (C=O) groups is 2. The van der Waals surface area contributed by atoms with E-state index in [-0.39, 0.29) is 23.9 Å². The number of rotatable bonds is 1. The summed E-state index contributed by atoms with van der Waals surface area (Å²) in [6.07, 6.45) is 0.704. The SMILES string of the molecule is NC1CC1N1C(=O)c2cccc3cccc(c23)C1=O. The highest BCUT2D eigenvalue weighted by Crippen LogP contribution is 2.35. The Balaban J connectivity index is 2.00. The van der Waals surface area contributed by atoms with Crippen LogP contribution in [-0.4, -0.2) is 28.8 Å². The third-order valence-electron chi connectivity index (χ3n) is 3.94. The Morgan fingerprint density at radius 2 is 1.53 bits per heavy atom. The van der Waals surface area contributed by atoms with Crippen molar-refractivity contribution in [2.75, 3.05) is 0 Å². The molecule has 2 aromatic rings. The molecule has 2 unspecified atom stereocenters. The van der Waals surface area contributed by atoms with Crippen LogP contribution in [0.15, 0.2) is 36.4 Å². The lowest BCUT2D eigenvalue weighted by molar-refractivity contribution is 0.0595. The largest absolute Gasteiger partial charge is 0.326 e. The van der Waals surface area contributed by atoms with E-state index in [0.717, 1.165) is 10.8 Å². The number of amides is 2. The van der Waals surface area contributed by atoms with Gasteiger partial charge in [-0.15, -0.1) is 0 Å². The Morgan fingerprint density at radius 1 is 1.00 bits per heavy atom. The highest BCUT2D eigenvalue weighted by molar-refractivity contribution is 6.25. The second kappa shape index (κ2) is 3.42. The fraction of sp³-hybridized carbons (Fsp3) is 0.200. The van der Waals surface area contributed by atoms with Gasteiger partial charge in [-0.05, 0) is 23.9 Å². The zero-order valence-electron chi connectivity index (χ0n) is 10.2. The molecule has 2 amide bonds. The number of nitrogens with two attached hydrogens (primary N) is 1. The summed E-state index contributed by atoms with van der Waals surface area (Å²) in [5, 5.41) is 1.70. The molecule has 94 valence electrons. The van der Waals surface area contributed by atoms with Gasteiger partial charge in [0.25, 0.3) is 11.8 Å². The van der Waals surface area contributed by atoms with Crippen molar-refractivity contribution in [3.05, 3.63) is 47.5 Å². The standard InChI is InChI=1S/C15H12N2O2/c16-11-7-12(11)17-14(18)9-5-1-3-8-4-2-6-10(13(8)9)15(17)19/h1-6,11-12H,7,16H2. The molecule has 2 atom stereocenters. The number of hydrogen-bond donors (Lipinski definition) is 1. The van der Waals surface area contributed by atoms with Crippen molar-refractivity contribution in [1.82, 2.24) is 4.90 Å². The van der Waals surface area contributed by atoms with E-state index in [4.69, 9.17) is 5.73 Å². The third kappa shape index (κ3) is 1.32. The van der Waals surface area contributed by atoms with Crippen LogP contribution in [0.4, 0.5) is 0 Å². The van der Waals surface area contributed by atoms with Gasteiger partial charge in [-0.1, -0.05) is 24.3 Å². The Hall–Kier alpha value is -2.20. The zero-order chi connectivity index (χ0) is 13.1. The highest BCUT2D eigenvalue weighted by atomic mass is 16.2. The van der Waals surface area contributed by atoms with E-state index in [1.807, 2.05) is 24.3 Å². The highest BCUT2D eigenvalue weighted by Gasteiger charge is 2.47. The van der Waals surface area contributed by atoms with Gasteiger partial charge in [-0.3, -0.25) is 14.5 Å². The predicted molar refractivity (Wildman–Crippen MR) is 70.8 cm³/mol. The van der Waals surface area contributed by atoms with E-state index in [2.05, 4.69) is 0 Å². The van der Waals surface area contributed by atoms with Crippen LogP contribution in [0.1, 0.15) is 27.1 Å². The van der Waals surface area contributed by atoms with Crippen molar-refractivity contribution in [3.63, 3.8) is 0 Å². The van der Waals surface area contributed by atoms with Gasteiger partial charge in [0, 0.05) is 22.6 Å². The van der Waals surface area contributed by atoms with Gasteiger partial charge in [0.2, 0.25) is 0 Å². The summed E-state index contributed by atoms with van der Waals surface area (Å²) in [4.78, 5) is 26.3. The first-order valence-corrected chi connectivity index (χ1v) is 6.33. The van der Waals surface area contributed by atoms with E-state index in [1.54, 1.807) is 12.1 Å². The minimum atomic E-state index is -0.216. The number of benzene rings is 2. The van der Waals surface area contributed by atoms with Crippen LogP contribution in [0, 0.1) is 0 Å². The van der Waals surface area contributed by atoms with Crippen LogP contribution in [0.2, 0.25) is 0 Å². The molecule has 0 radical (unpaired) electrons. The van der Waals surface area contributed by atoms with Crippen LogP contribution in [0.3, 0.4) is 0 Å². The topological polar surface area (TPSA) is 63.4 Å². The minimum absolute atomic E-state index is 0.0719. The molecule has 1 saturated carbocycles. The molecule has 0 bridgehead atoms. The Kier molecular flexibility index (Phi) is 1.93. The Morgan fingerprint density at radius 3 is 2.00 bits per heavy atom. The zero-order valence-corrected chi connectivity index (χ0v) is 10.2. The molecule has 2 N–H and O–H groups in total. The lowest BCUT2D eigenvalue weighted by atomic mass is 9.94. The second-order valence-electron chi connectivity index (χ2n) is 5.16. The molecule has 1 fully saturated rings.